The molecule has 0 saturated heterocycles. The minimum absolute atomic E-state index is 0.274. The van der Waals surface area contributed by atoms with Gasteiger partial charge in [-0.15, -0.1) is 13.2 Å². The van der Waals surface area contributed by atoms with Crippen LogP contribution in [0, 0.1) is 0 Å². The van der Waals surface area contributed by atoms with Crippen molar-refractivity contribution >= 4 is 0 Å². The Bertz CT molecular complexity index is 566. The Hall–Kier alpha value is -2.02. The Kier molecular flexibility index (Phi) is 3.48. The summed E-state index contributed by atoms with van der Waals surface area (Å²) in [6, 6.07) is 5.18. The van der Waals surface area contributed by atoms with Gasteiger partial charge in [0, 0.05) is 19.4 Å². The molecule has 1 heterocycles. The second kappa shape index (κ2) is 4.93. The fraction of sp³-hybridized carbons (Fsp3) is 0.250. The Morgan fingerprint density at radius 1 is 1.37 bits per heavy atom. The molecule has 1 aromatic carbocycles. The van der Waals surface area contributed by atoms with Gasteiger partial charge in [-0.1, -0.05) is 12.1 Å². The maximum absolute atomic E-state index is 12.1. The van der Waals surface area contributed by atoms with Crippen LogP contribution in [0.4, 0.5) is 13.2 Å². The third-order valence-electron chi connectivity index (χ3n) is 2.51. The van der Waals surface area contributed by atoms with E-state index in [1.807, 2.05) is 0 Å². The molecule has 0 radical (unpaired) electrons. The third-order valence-corrected chi connectivity index (χ3v) is 2.51. The molecular weight excluding hydrogens is 261 g/mol. The molecule has 0 aliphatic rings. The number of aliphatic hydroxyl groups is 1. The van der Waals surface area contributed by atoms with Crippen molar-refractivity contribution in [1.29, 1.82) is 0 Å². The number of ether oxygens (including phenoxy) is 1. The molecule has 4 nitrogen and oxygen atoms in total. The second-order valence-electron chi connectivity index (χ2n) is 3.92. The fourth-order valence-corrected chi connectivity index (χ4v) is 1.67. The SMILES string of the molecule is Cn1ccnc1C(O)c1cccc(OC(F)(F)F)c1. The van der Waals surface area contributed by atoms with Crippen LogP contribution in [-0.2, 0) is 7.05 Å². The van der Waals surface area contributed by atoms with E-state index in [1.54, 1.807) is 17.8 Å². The van der Waals surface area contributed by atoms with E-state index in [1.165, 1.54) is 24.4 Å². The third kappa shape index (κ3) is 3.25. The Morgan fingerprint density at radius 3 is 2.68 bits per heavy atom. The molecule has 1 N–H and O–H groups in total. The average Bonchev–Trinajstić information content (AvgIpc) is 2.72. The number of aliphatic hydroxyl groups excluding tert-OH is 1. The summed E-state index contributed by atoms with van der Waals surface area (Å²) in [7, 11) is 1.68. The molecule has 0 aliphatic heterocycles. The van der Waals surface area contributed by atoms with E-state index < -0.39 is 12.5 Å². The van der Waals surface area contributed by atoms with Crippen LogP contribution >= 0.6 is 0 Å². The van der Waals surface area contributed by atoms with Crippen LogP contribution in [0.25, 0.3) is 0 Å². The molecule has 0 saturated carbocycles. The van der Waals surface area contributed by atoms with Gasteiger partial charge in [-0.2, -0.15) is 0 Å². The monoisotopic (exact) mass is 272 g/mol. The highest BCUT2D eigenvalue weighted by atomic mass is 19.4. The van der Waals surface area contributed by atoms with E-state index in [2.05, 4.69) is 9.72 Å². The van der Waals surface area contributed by atoms with Gasteiger partial charge in [-0.05, 0) is 17.7 Å². The van der Waals surface area contributed by atoms with Crippen molar-refractivity contribution in [3.63, 3.8) is 0 Å². The van der Waals surface area contributed by atoms with Crippen LogP contribution in [0.15, 0.2) is 36.7 Å². The Labute approximate surface area is 107 Å². The first kappa shape index (κ1) is 13.4. The van der Waals surface area contributed by atoms with E-state index in [0.29, 0.717) is 5.82 Å². The van der Waals surface area contributed by atoms with Crippen LogP contribution in [-0.4, -0.2) is 21.0 Å². The minimum Gasteiger partial charge on any atom is -0.406 e. The molecule has 7 heteroatoms. The molecular formula is C12H11F3N2O2. The first-order valence-corrected chi connectivity index (χ1v) is 5.38. The van der Waals surface area contributed by atoms with Gasteiger partial charge in [0.1, 0.15) is 17.7 Å². The second-order valence-corrected chi connectivity index (χ2v) is 3.92. The number of hydrogen-bond acceptors (Lipinski definition) is 3. The van der Waals surface area contributed by atoms with E-state index >= 15 is 0 Å². The van der Waals surface area contributed by atoms with Crippen molar-refractivity contribution in [3.05, 3.63) is 48.0 Å². The molecule has 0 bridgehead atoms. The van der Waals surface area contributed by atoms with Crippen molar-refractivity contribution in [1.82, 2.24) is 9.55 Å². The lowest BCUT2D eigenvalue weighted by atomic mass is 10.1. The van der Waals surface area contributed by atoms with Crippen LogP contribution in [0.3, 0.4) is 0 Å². The standard InChI is InChI=1S/C12H11F3N2O2/c1-17-6-5-16-11(17)10(18)8-3-2-4-9(7-8)19-12(13,14)15/h2-7,10,18H,1H3. The van der Waals surface area contributed by atoms with Gasteiger partial charge >= 0.3 is 6.36 Å². The number of aryl methyl sites for hydroxylation is 1. The van der Waals surface area contributed by atoms with Crippen LogP contribution < -0.4 is 4.74 Å². The summed E-state index contributed by atoms with van der Waals surface area (Å²) in [5, 5.41) is 10.1. The predicted octanol–water partition coefficient (Wildman–Crippen LogP) is 2.40. The van der Waals surface area contributed by atoms with Crippen molar-refractivity contribution in [3.8, 4) is 5.75 Å². The van der Waals surface area contributed by atoms with Crippen molar-refractivity contribution in [2.45, 2.75) is 12.5 Å². The fourth-order valence-electron chi connectivity index (χ4n) is 1.67. The lowest BCUT2D eigenvalue weighted by Gasteiger charge is -2.13. The molecule has 1 aromatic heterocycles. The molecule has 0 fully saturated rings. The maximum Gasteiger partial charge on any atom is 0.573 e. The van der Waals surface area contributed by atoms with E-state index in [-0.39, 0.29) is 11.3 Å². The van der Waals surface area contributed by atoms with Crippen LogP contribution in [0.2, 0.25) is 0 Å². The van der Waals surface area contributed by atoms with E-state index in [9.17, 15) is 18.3 Å². The normalized spacial score (nSPS) is 13.3. The highest BCUT2D eigenvalue weighted by Crippen LogP contribution is 2.27. The first-order chi connectivity index (χ1) is 8.87. The molecule has 1 atom stereocenters. The lowest BCUT2D eigenvalue weighted by Crippen LogP contribution is -2.17. The Balaban J connectivity index is 2.26. The molecule has 19 heavy (non-hydrogen) atoms. The van der Waals surface area contributed by atoms with Gasteiger partial charge in [-0.25, -0.2) is 4.98 Å². The van der Waals surface area contributed by atoms with Crippen molar-refractivity contribution < 1.29 is 23.0 Å². The zero-order valence-electron chi connectivity index (χ0n) is 9.93. The quantitative estimate of drug-likeness (QED) is 0.933. The first-order valence-electron chi connectivity index (χ1n) is 5.38. The summed E-state index contributed by atoms with van der Waals surface area (Å²) >= 11 is 0. The summed E-state index contributed by atoms with van der Waals surface area (Å²) in [6.45, 7) is 0. The average molecular weight is 272 g/mol. The summed E-state index contributed by atoms with van der Waals surface area (Å²) in [6.07, 6.45) is -2.74. The molecule has 2 aromatic rings. The summed E-state index contributed by atoms with van der Waals surface area (Å²) < 4.78 is 41.7. The summed E-state index contributed by atoms with van der Waals surface area (Å²) in [4.78, 5) is 3.95. The number of benzene rings is 1. The zero-order chi connectivity index (χ0) is 14.0. The number of halogens is 3. The van der Waals surface area contributed by atoms with E-state index in [0.717, 1.165) is 6.07 Å². The highest BCUT2D eigenvalue weighted by Gasteiger charge is 2.31. The predicted molar refractivity (Wildman–Crippen MR) is 60.4 cm³/mol. The number of aromatic nitrogens is 2. The zero-order valence-corrected chi connectivity index (χ0v) is 9.93. The van der Waals surface area contributed by atoms with Gasteiger partial charge in [0.2, 0.25) is 0 Å². The molecule has 1 unspecified atom stereocenters. The van der Waals surface area contributed by atoms with E-state index in [4.69, 9.17) is 0 Å². The van der Waals surface area contributed by atoms with Gasteiger partial charge < -0.3 is 14.4 Å². The molecule has 102 valence electrons. The van der Waals surface area contributed by atoms with Gasteiger partial charge in [0.05, 0.1) is 0 Å². The maximum atomic E-state index is 12.1. The highest BCUT2D eigenvalue weighted by molar-refractivity contribution is 5.32. The van der Waals surface area contributed by atoms with Crippen LogP contribution in [0.5, 0.6) is 5.75 Å². The number of alkyl halides is 3. The lowest BCUT2D eigenvalue weighted by molar-refractivity contribution is -0.274. The molecule has 0 spiro atoms. The molecule has 0 amide bonds. The van der Waals surface area contributed by atoms with Crippen molar-refractivity contribution in [2.24, 2.45) is 7.05 Å². The number of imidazole rings is 1. The minimum atomic E-state index is -4.76. The van der Waals surface area contributed by atoms with Gasteiger partial charge in [-0.3, -0.25) is 0 Å². The van der Waals surface area contributed by atoms with Gasteiger partial charge in [0.25, 0.3) is 0 Å². The summed E-state index contributed by atoms with van der Waals surface area (Å²) in [5.41, 5.74) is 0.274. The largest absolute Gasteiger partial charge is 0.573 e. The number of nitrogens with zero attached hydrogens (tertiary/aromatic N) is 2. The van der Waals surface area contributed by atoms with Gasteiger partial charge in [0.15, 0.2) is 0 Å². The smallest absolute Gasteiger partial charge is 0.406 e. The number of hydrogen-bond donors (Lipinski definition) is 1. The topological polar surface area (TPSA) is 47.3 Å². The Morgan fingerprint density at radius 2 is 2.11 bits per heavy atom. The molecule has 2 rings (SSSR count). The van der Waals surface area contributed by atoms with Crippen LogP contribution in [0.1, 0.15) is 17.5 Å². The van der Waals surface area contributed by atoms with Crippen molar-refractivity contribution in [2.75, 3.05) is 0 Å². The molecule has 0 aliphatic carbocycles. The number of rotatable bonds is 3. The summed E-state index contributed by atoms with van der Waals surface area (Å²) in [5.74, 6) is -0.0394.